The molecule has 5 heteroatoms. The molecule has 0 spiro atoms. The molecule has 0 aliphatic rings. The molecule has 3 N–H and O–H groups in total. The van der Waals surface area contributed by atoms with Gasteiger partial charge in [0.25, 0.3) is 0 Å². The molecule has 0 fully saturated rings. The average Bonchev–Trinajstić information content (AvgIpc) is 2.50. The minimum absolute atomic E-state index is 0.0342. The Bertz CT molecular complexity index is 352. The maximum atomic E-state index is 11.6. The molecule has 1 unspecified atom stereocenters. The normalized spacial score (nSPS) is 13.7. The Morgan fingerprint density at radius 1 is 1.60 bits per heavy atom. The Labute approximate surface area is 93.9 Å². The van der Waals surface area contributed by atoms with Gasteiger partial charge in [0.05, 0.1) is 5.69 Å². The predicted octanol–water partition coefficient (Wildman–Crippen LogP) is 2.15. The summed E-state index contributed by atoms with van der Waals surface area (Å²) in [5.41, 5.74) is 6.08. The van der Waals surface area contributed by atoms with Gasteiger partial charge in [-0.1, -0.05) is 20.8 Å². The Morgan fingerprint density at radius 2 is 2.20 bits per heavy atom. The second-order valence-electron chi connectivity index (χ2n) is 4.57. The monoisotopic (exact) mass is 227 g/mol. The quantitative estimate of drug-likeness (QED) is 0.813. The maximum Gasteiger partial charge on any atom is 0.231 e. The van der Waals surface area contributed by atoms with E-state index in [1.54, 1.807) is 0 Å². The summed E-state index contributed by atoms with van der Waals surface area (Å²) in [6.45, 7) is 7.46. The first-order chi connectivity index (χ1) is 6.80. The van der Waals surface area contributed by atoms with Crippen LogP contribution in [0.2, 0.25) is 0 Å². The van der Waals surface area contributed by atoms with Crippen molar-refractivity contribution < 1.29 is 4.79 Å². The first-order valence-electron chi connectivity index (χ1n) is 4.83. The molecule has 0 saturated carbocycles. The van der Waals surface area contributed by atoms with E-state index < -0.39 is 5.41 Å². The summed E-state index contributed by atoms with van der Waals surface area (Å²) in [6.07, 6.45) is 0. The molecule has 1 rings (SSSR count). The summed E-state index contributed by atoms with van der Waals surface area (Å²) in [7, 11) is 0. The van der Waals surface area contributed by atoms with Gasteiger partial charge in [0.15, 0.2) is 5.13 Å². The van der Waals surface area contributed by atoms with Crippen molar-refractivity contribution >= 4 is 22.4 Å². The number of carbonyl (C=O) groups excluding carboxylic acids is 1. The van der Waals surface area contributed by atoms with Crippen LogP contribution in [0, 0.1) is 5.41 Å². The topological polar surface area (TPSA) is 68.0 Å². The number of thiazole rings is 1. The van der Waals surface area contributed by atoms with Crippen molar-refractivity contribution in [1.29, 1.82) is 0 Å². The van der Waals surface area contributed by atoms with Gasteiger partial charge in [-0.2, -0.15) is 0 Å². The van der Waals surface area contributed by atoms with Crippen LogP contribution in [-0.2, 0) is 4.79 Å². The Balaban J connectivity index is 2.70. The third kappa shape index (κ3) is 3.28. The van der Waals surface area contributed by atoms with Crippen LogP contribution in [0.25, 0.3) is 0 Å². The second kappa shape index (κ2) is 4.28. The summed E-state index contributed by atoms with van der Waals surface area (Å²) in [5, 5.41) is 5.25. The lowest BCUT2D eigenvalue weighted by molar-refractivity contribution is -0.123. The SMILES string of the molecule is CC(N)c1csc(NC(=O)C(C)(C)C)n1. The number of anilines is 1. The van der Waals surface area contributed by atoms with Crippen LogP contribution < -0.4 is 11.1 Å². The number of nitrogens with one attached hydrogen (secondary N) is 1. The summed E-state index contributed by atoms with van der Waals surface area (Å²) in [6, 6.07) is -0.0958. The zero-order valence-corrected chi connectivity index (χ0v) is 10.3. The fourth-order valence-corrected chi connectivity index (χ4v) is 1.65. The van der Waals surface area contributed by atoms with E-state index in [0.29, 0.717) is 5.13 Å². The van der Waals surface area contributed by atoms with Crippen molar-refractivity contribution in [2.75, 3.05) is 5.32 Å². The molecule has 1 heterocycles. The fourth-order valence-electron chi connectivity index (χ4n) is 0.837. The summed E-state index contributed by atoms with van der Waals surface area (Å²) >= 11 is 1.40. The van der Waals surface area contributed by atoms with Crippen molar-refractivity contribution in [1.82, 2.24) is 4.98 Å². The van der Waals surface area contributed by atoms with Gasteiger partial charge in [-0.05, 0) is 6.92 Å². The first kappa shape index (κ1) is 12.1. The maximum absolute atomic E-state index is 11.6. The van der Waals surface area contributed by atoms with Crippen molar-refractivity contribution in [3.8, 4) is 0 Å². The van der Waals surface area contributed by atoms with Crippen molar-refractivity contribution in [3.63, 3.8) is 0 Å². The smallest absolute Gasteiger partial charge is 0.231 e. The number of aromatic nitrogens is 1. The zero-order valence-electron chi connectivity index (χ0n) is 9.50. The molecule has 0 aromatic carbocycles. The van der Waals surface area contributed by atoms with Gasteiger partial charge >= 0.3 is 0 Å². The van der Waals surface area contributed by atoms with Crippen LogP contribution in [-0.4, -0.2) is 10.9 Å². The molecule has 0 saturated heterocycles. The largest absolute Gasteiger partial charge is 0.323 e. The number of amides is 1. The van der Waals surface area contributed by atoms with Crippen LogP contribution in [0.3, 0.4) is 0 Å². The van der Waals surface area contributed by atoms with Crippen molar-refractivity contribution in [3.05, 3.63) is 11.1 Å². The highest BCUT2D eigenvalue weighted by Crippen LogP contribution is 2.22. The first-order valence-corrected chi connectivity index (χ1v) is 5.71. The zero-order chi connectivity index (χ0) is 11.6. The summed E-state index contributed by atoms with van der Waals surface area (Å²) in [4.78, 5) is 15.9. The molecular formula is C10H17N3OS. The molecule has 0 radical (unpaired) electrons. The molecule has 84 valence electrons. The molecule has 1 aromatic heterocycles. The standard InChI is InChI=1S/C10H17N3OS/c1-6(11)7-5-15-9(12-7)13-8(14)10(2,3)4/h5-6H,11H2,1-4H3,(H,12,13,14). The lowest BCUT2D eigenvalue weighted by Gasteiger charge is -2.15. The van der Waals surface area contributed by atoms with E-state index in [1.807, 2.05) is 33.1 Å². The molecule has 0 aliphatic heterocycles. The van der Waals surface area contributed by atoms with Crippen LogP contribution in [0.1, 0.15) is 39.4 Å². The van der Waals surface area contributed by atoms with Gasteiger partial charge in [-0.3, -0.25) is 4.79 Å². The van der Waals surface area contributed by atoms with Gasteiger partial charge in [0.2, 0.25) is 5.91 Å². The number of hydrogen-bond acceptors (Lipinski definition) is 4. The molecule has 1 atom stereocenters. The minimum Gasteiger partial charge on any atom is -0.323 e. The van der Waals surface area contributed by atoms with Crippen molar-refractivity contribution in [2.45, 2.75) is 33.7 Å². The van der Waals surface area contributed by atoms with Crippen molar-refractivity contribution in [2.24, 2.45) is 11.1 Å². The highest BCUT2D eigenvalue weighted by molar-refractivity contribution is 7.13. The molecule has 4 nitrogen and oxygen atoms in total. The second-order valence-corrected chi connectivity index (χ2v) is 5.43. The molecule has 15 heavy (non-hydrogen) atoms. The molecular weight excluding hydrogens is 210 g/mol. The predicted molar refractivity (Wildman–Crippen MR) is 62.8 cm³/mol. The van der Waals surface area contributed by atoms with Gasteiger partial charge in [0, 0.05) is 16.8 Å². The average molecular weight is 227 g/mol. The van der Waals surface area contributed by atoms with Gasteiger partial charge in [-0.15, -0.1) is 11.3 Å². The summed E-state index contributed by atoms with van der Waals surface area (Å²) in [5.74, 6) is -0.0342. The number of rotatable bonds is 2. The van der Waals surface area contributed by atoms with E-state index >= 15 is 0 Å². The number of nitrogens with two attached hydrogens (primary N) is 1. The van der Waals surface area contributed by atoms with E-state index in [0.717, 1.165) is 5.69 Å². The van der Waals surface area contributed by atoms with Crippen LogP contribution in [0.4, 0.5) is 5.13 Å². The lowest BCUT2D eigenvalue weighted by atomic mass is 9.96. The van der Waals surface area contributed by atoms with E-state index in [9.17, 15) is 4.79 Å². The van der Waals surface area contributed by atoms with E-state index in [4.69, 9.17) is 5.73 Å². The molecule has 1 amide bonds. The van der Waals surface area contributed by atoms with Crippen LogP contribution >= 0.6 is 11.3 Å². The van der Waals surface area contributed by atoms with Gasteiger partial charge in [-0.25, -0.2) is 4.98 Å². The van der Waals surface area contributed by atoms with Gasteiger partial charge in [0.1, 0.15) is 0 Å². The minimum atomic E-state index is -0.403. The Hall–Kier alpha value is -0.940. The van der Waals surface area contributed by atoms with E-state index in [-0.39, 0.29) is 11.9 Å². The highest BCUT2D eigenvalue weighted by Gasteiger charge is 2.22. The number of nitrogens with zero attached hydrogens (tertiary/aromatic N) is 1. The molecule has 0 bridgehead atoms. The number of carbonyl (C=O) groups is 1. The Kier molecular flexibility index (Phi) is 3.46. The van der Waals surface area contributed by atoms with Gasteiger partial charge < -0.3 is 11.1 Å². The third-order valence-electron chi connectivity index (χ3n) is 1.89. The Morgan fingerprint density at radius 3 is 2.60 bits per heavy atom. The summed E-state index contributed by atoms with van der Waals surface area (Å²) < 4.78 is 0. The van der Waals surface area contributed by atoms with E-state index in [1.165, 1.54) is 11.3 Å². The number of hydrogen-bond donors (Lipinski definition) is 2. The highest BCUT2D eigenvalue weighted by atomic mass is 32.1. The van der Waals surface area contributed by atoms with Crippen LogP contribution in [0.5, 0.6) is 0 Å². The molecule has 1 aromatic rings. The fraction of sp³-hybridized carbons (Fsp3) is 0.600. The van der Waals surface area contributed by atoms with Crippen LogP contribution in [0.15, 0.2) is 5.38 Å². The van der Waals surface area contributed by atoms with E-state index in [2.05, 4.69) is 10.3 Å². The lowest BCUT2D eigenvalue weighted by Crippen LogP contribution is -2.27. The molecule has 0 aliphatic carbocycles. The third-order valence-corrected chi connectivity index (χ3v) is 2.67.